The first-order valence-corrected chi connectivity index (χ1v) is 16.2. The van der Waals surface area contributed by atoms with E-state index in [0.29, 0.717) is 56.5 Å². The monoisotopic (exact) mass is 659 g/mol. The van der Waals surface area contributed by atoms with Gasteiger partial charge in [-0.25, -0.2) is 0 Å². The van der Waals surface area contributed by atoms with E-state index in [9.17, 15) is 32.3 Å². The maximum atomic E-state index is 14.3. The predicted octanol–water partition coefficient (Wildman–Crippen LogP) is 6.25. The highest BCUT2D eigenvalue weighted by Crippen LogP contribution is 2.60. The summed E-state index contributed by atoms with van der Waals surface area (Å²) in [5.41, 5.74) is -0.544. The van der Waals surface area contributed by atoms with Crippen LogP contribution in [0, 0.1) is 11.8 Å². The summed E-state index contributed by atoms with van der Waals surface area (Å²) in [5.74, 6) is -2.07. The Morgan fingerprint density at radius 1 is 1.04 bits per heavy atom. The lowest BCUT2D eigenvalue weighted by molar-refractivity contribution is -0.161. The Labute approximate surface area is 270 Å². The number of allylic oxidation sites excluding steroid dienone is 2. The van der Waals surface area contributed by atoms with Crippen LogP contribution in [0.15, 0.2) is 24.3 Å². The topological polar surface area (TPSA) is 98.6 Å². The van der Waals surface area contributed by atoms with E-state index in [1.807, 2.05) is 26.8 Å². The van der Waals surface area contributed by atoms with Crippen LogP contribution in [-0.4, -0.2) is 63.1 Å². The van der Waals surface area contributed by atoms with Crippen molar-refractivity contribution in [2.45, 2.75) is 95.8 Å². The third-order valence-electron chi connectivity index (χ3n) is 9.64. The molecule has 0 bridgehead atoms. The minimum atomic E-state index is -4.57. The molecule has 0 N–H and O–H groups in total. The first-order chi connectivity index (χ1) is 21.6. The summed E-state index contributed by atoms with van der Waals surface area (Å²) < 4.78 is 49.6. The number of fused-ring (bicyclic) bond motifs is 1. The van der Waals surface area contributed by atoms with Crippen LogP contribution in [-0.2, 0) is 37.4 Å². The maximum Gasteiger partial charge on any atom is 0.398 e. The van der Waals surface area contributed by atoms with Crippen LogP contribution in [0.3, 0.4) is 0 Å². The standard InChI is InChI=1S/C34H37ClF3N3O5/c1-32(2,3)46-31(45)20-9-7-19(8-10-20)28-23-12-11-21(29(43)40-16-13-22(42)18-40)17-26(23)41(39-28)30(44)27-24(5-4-6-25(27)35)33(14-15-33)34(36,37)38/h4-7,20-21H,8-18H2,1-3H3. The molecule has 1 amide bonds. The molecule has 2 aromatic rings. The molecule has 3 aliphatic carbocycles. The zero-order chi connectivity index (χ0) is 33.2. The van der Waals surface area contributed by atoms with Crippen molar-refractivity contribution in [3.63, 3.8) is 0 Å². The number of hydrogen-bond acceptors (Lipinski definition) is 6. The van der Waals surface area contributed by atoms with E-state index in [-0.39, 0.29) is 65.5 Å². The lowest BCUT2D eigenvalue weighted by atomic mass is 9.82. The quantitative estimate of drug-likeness (QED) is 0.352. The number of likely N-dealkylation sites (tertiary alicyclic amines) is 1. The fourth-order valence-corrected chi connectivity index (χ4v) is 7.31. The minimum Gasteiger partial charge on any atom is -0.460 e. The Balaban J connectivity index is 1.38. The summed E-state index contributed by atoms with van der Waals surface area (Å²) >= 11 is 6.49. The summed E-state index contributed by atoms with van der Waals surface area (Å²) in [5, 5.41) is 4.64. The van der Waals surface area contributed by atoms with Gasteiger partial charge in [0.2, 0.25) is 5.91 Å². The molecule has 12 heteroatoms. The molecule has 1 saturated heterocycles. The van der Waals surface area contributed by atoms with Gasteiger partial charge in [0, 0.05) is 30.9 Å². The molecule has 0 radical (unpaired) electrons. The van der Waals surface area contributed by atoms with Crippen molar-refractivity contribution in [3.8, 4) is 0 Å². The number of esters is 1. The zero-order valence-electron chi connectivity index (χ0n) is 26.1. The molecule has 2 unspecified atom stereocenters. The summed E-state index contributed by atoms with van der Waals surface area (Å²) in [6.45, 7) is 5.84. The molecule has 4 aliphatic rings. The molecule has 46 heavy (non-hydrogen) atoms. The predicted molar refractivity (Wildman–Crippen MR) is 163 cm³/mol. The molecule has 6 rings (SSSR count). The molecule has 0 spiro atoms. The van der Waals surface area contributed by atoms with Gasteiger partial charge in [0.05, 0.1) is 39.9 Å². The van der Waals surface area contributed by atoms with E-state index >= 15 is 0 Å². The van der Waals surface area contributed by atoms with E-state index in [4.69, 9.17) is 21.4 Å². The highest BCUT2D eigenvalue weighted by Gasteiger charge is 2.65. The second-order valence-corrected chi connectivity index (χ2v) is 14.4. The number of ketones is 1. The molecule has 8 nitrogen and oxygen atoms in total. The number of ether oxygens (including phenoxy) is 1. The van der Waals surface area contributed by atoms with Crippen LogP contribution in [0.5, 0.6) is 0 Å². The number of hydrogen-bond donors (Lipinski definition) is 0. The normalized spacial score (nSPS) is 22.7. The highest BCUT2D eigenvalue weighted by atomic mass is 35.5. The molecule has 2 heterocycles. The van der Waals surface area contributed by atoms with Crippen molar-refractivity contribution in [1.82, 2.24) is 14.7 Å². The van der Waals surface area contributed by atoms with Crippen LogP contribution in [0.1, 0.15) is 98.6 Å². The molecule has 246 valence electrons. The Morgan fingerprint density at radius 2 is 1.76 bits per heavy atom. The van der Waals surface area contributed by atoms with Crippen LogP contribution >= 0.6 is 11.6 Å². The molecule has 1 aromatic carbocycles. The second kappa shape index (κ2) is 11.6. The largest absolute Gasteiger partial charge is 0.460 e. The van der Waals surface area contributed by atoms with Crippen molar-refractivity contribution in [2.24, 2.45) is 11.8 Å². The highest BCUT2D eigenvalue weighted by molar-refractivity contribution is 6.34. The number of amides is 1. The fourth-order valence-electron chi connectivity index (χ4n) is 7.05. The third-order valence-corrected chi connectivity index (χ3v) is 9.96. The van der Waals surface area contributed by atoms with Crippen LogP contribution in [0.2, 0.25) is 5.02 Å². The molecular formula is C34H37ClF3N3O5. The summed E-state index contributed by atoms with van der Waals surface area (Å²) in [4.78, 5) is 53.9. The second-order valence-electron chi connectivity index (χ2n) is 14.0. The van der Waals surface area contributed by atoms with Crippen LogP contribution in [0.4, 0.5) is 13.2 Å². The van der Waals surface area contributed by atoms with Crippen molar-refractivity contribution in [3.05, 3.63) is 57.4 Å². The minimum absolute atomic E-state index is 0.00815. The smallest absolute Gasteiger partial charge is 0.398 e. The van der Waals surface area contributed by atoms with Gasteiger partial charge in [-0.1, -0.05) is 29.8 Å². The van der Waals surface area contributed by atoms with E-state index in [0.717, 1.165) is 15.8 Å². The van der Waals surface area contributed by atoms with Gasteiger partial charge in [0.15, 0.2) is 5.78 Å². The summed E-state index contributed by atoms with van der Waals surface area (Å²) in [7, 11) is 0. The van der Waals surface area contributed by atoms with E-state index in [1.54, 1.807) is 0 Å². The number of benzene rings is 1. The van der Waals surface area contributed by atoms with E-state index < -0.39 is 29.0 Å². The van der Waals surface area contributed by atoms with Gasteiger partial charge >= 0.3 is 12.1 Å². The average Bonchev–Trinajstić information content (AvgIpc) is 3.58. The first-order valence-electron chi connectivity index (χ1n) is 15.8. The zero-order valence-corrected chi connectivity index (χ0v) is 26.9. The number of rotatable bonds is 5. The average molecular weight is 660 g/mol. The Kier molecular flexibility index (Phi) is 8.22. The van der Waals surface area contributed by atoms with Gasteiger partial charge in [-0.15, -0.1) is 0 Å². The first kappa shape index (κ1) is 32.5. The van der Waals surface area contributed by atoms with Crippen molar-refractivity contribution in [2.75, 3.05) is 13.1 Å². The lowest BCUT2D eigenvalue weighted by Gasteiger charge is -2.27. The van der Waals surface area contributed by atoms with Crippen LogP contribution < -0.4 is 0 Å². The lowest BCUT2D eigenvalue weighted by Crippen LogP contribution is -2.38. The number of carbonyl (C=O) groups is 4. The molecule has 1 saturated carbocycles. The SMILES string of the molecule is CC(C)(C)OC(=O)C1CC=C(c2nn(C(=O)c3c(Cl)cccc3C3(C(F)(F)F)CC3)c3c2CCC(C(=O)N2CCC(=O)C2)C3)CC1. The van der Waals surface area contributed by atoms with Gasteiger partial charge in [0.1, 0.15) is 5.60 Å². The number of aromatic nitrogens is 2. The Bertz CT molecular complexity index is 1650. The molecule has 2 fully saturated rings. The third kappa shape index (κ3) is 5.91. The van der Waals surface area contributed by atoms with Gasteiger partial charge in [-0.2, -0.15) is 23.0 Å². The van der Waals surface area contributed by atoms with Crippen molar-refractivity contribution >= 4 is 40.7 Å². The number of halogens is 4. The number of Topliss-reactive ketones (excluding diaryl/α,β-unsaturated/α-hetero) is 1. The molecule has 2 atom stereocenters. The molecular weight excluding hydrogens is 623 g/mol. The van der Waals surface area contributed by atoms with Gasteiger partial charge in [-0.3, -0.25) is 19.2 Å². The Morgan fingerprint density at radius 3 is 2.35 bits per heavy atom. The van der Waals surface area contributed by atoms with Crippen molar-refractivity contribution < 1.29 is 37.1 Å². The molecule has 1 aliphatic heterocycles. The van der Waals surface area contributed by atoms with Crippen molar-refractivity contribution in [1.29, 1.82) is 0 Å². The number of carbonyl (C=O) groups excluding carboxylic acids is 4. The van der Waals surface area contributed by atoms with Crippen LogP contribution in [0.25, 0.3) is 5.57 Å². The van der Waals surface area contributed by atoms with Gasteiger partial charge in [-0.05, 0) is 82.9 Å². The summed E-state index contributed by atoms with van der Waals surface area (Å²) in [6, 6.07) is 4.14. The van der Waals surface area contributed by atoms with E-state index in [2.05, 4.69) is 0 Å². The summed E-state index contributed by atoms with van der Waals surface area (Å²) in [6.07, 6.45) is -0.141. The number of nitrogens with zero attached hydrogens (tertiary/aromatic N) is 3. The maximum absolute atomic E-state index is 14.3. The van der Waals surface area contributed by atoms with Gasteiger partial charge in [0.25, 0.3) is 5.91 Å². The van der Waals surface area contributed by atoms with E-state index in [1.165, 1.54) is 23.1 Å². The fraction of sp³-hybridized carbons (Fsp3) is 0.559. The molecule has 1 aromatic heterocycles. The Hall–Kier alpha value is -3.47. The van der Waals surface area contributed by atoms with Gasteiger partial charge < -0.3 is 9.64 Å². The number of alkyl halides is 3.